The lowest BCUT2D eigenvalue weighted by Crippen LogP contribution is -2.38. The molecule has 1 atom stereocenters. The fourth-order valence-electron chi connectivity index (χ4n) is 5.53. The molecule has 1 aromatic heterocycles. The van der Waals surface area contributed by atoms with Crippen molar-refractivity contribution in [2.45, 2.75) is 39.3 Å². The van der Waals surface area contributed by atoms with Gasteiger partial charge in [-0.1, -0.05) is 31.5 Å². The first-order valence-electron chi connectivity index (χ1n) is 12.2. The number of benzene rings is 2. The van der Waals surface area contributed by atoms with Gasteiger partial charge in [-0.25, -0.2) is 0 Å². The molecule has 1 amide bonds. The molecule has 0 radical (unpaired) electrons. The molecular formula is C28H31ClN4O2. The minimum Gasteiger partial charge on any atom is -0.379 e. The molecule has 6 nitrogen and oxygen atoms in total. The quantitative estimate of drug-likeness (QED) is 0.553. The van der Waals surface area contributed by atoms with Crippen molar-refractivity contribution in [3.8, 4) is 6.07 Å². The minimum absolute atomic E-state index is 0.0141. The summed E-state index contributed by atoms with van der Waals surface area (Å²) in [6, 6.07) is 15.9. The molecule has 2 aliphatic rings. The third kappa shape index (κ3) is 4.95. The number of hydrogen-bond acceptors (Lipinski definition) is 4. The lowest BCUT2D eigenvalue weighted by atomic mass is 9.85. The molecule has 2 heterocycles. The highest BCUT2D eigenvalue weighted by Crippen LogP contribution is 2.45. The number of nitrogens with one attached hydrogen (secondary N) is 1. The fourth-order valence-corrected chi connectivity index (χ4v) is 5.71. The summed E-state index contributed by atoms with van der Waals surface area (Å²) in [4.78, 5) is 15.8. The summed E-state index contributed by atoms with van der Waals surface area (Å²) in [6.45, 7) is 9.45. The molecule has 0 saturated carbocycles. The van der Waals surface area contributed by atoms with Crippen molar-refractivity contribution in [2.75, 3.05) is 32.8 Å². The zero-order valence-corrected chi connectivity index (χ0v) is 21.1. The summed E-state index contributed by atoms with van der Waals surface area (Å²) in [5.41, 5.74) is 4.84. The van der Waals surface area contributed by atoms with Gasteiger partial charge in [-0.3, -0.25) is 9.69 Å². The number of halogens is 1. The molecule has 3 aromatic rings. The van der Waals surface area contributed by atoms with Gasteiger partial charge in [-0.05, 0) is 59.4 Å². The van der Waals surface area contributed by atoms with Gasteiger partial charge in [0, 0.05) is 47.8 Å². The number of fused-ring (bicyclic) bond motifs is 2. The highest BCUT2D eigenvalue weighted by atomic mass is 35.5. The van der Waals surface area contributed by atoms with Crippen LogP contribution in [0.5, 0.6) is 0 Å². The topological polar surface area (TPSA) is 70.3 Å². The van der Waals surface area contributed by atoms with Crippen LogP contribution in [0.3, 0.4) is 0 Å². The molecule has 0 unspecified atom stereocenters. The van der Waals surface area contributed by atoms with Crippen LogP contribution >= 0.6 is 11.6 Å². The molecule has 182 valence electrons. The SMILES string of the molecule is CC1(C)Cc2ccc(C#N)cc2[C@@H]1NC(=O)Cc1cc2cc(Cl)ccc2n1CCN1CCOCC1. The van der Waals surface area contributed by atoms with E-state index < -0.39 is 0 Å². The zero-order valence-electron chi connectivity index (χ0n) is 20.3. The van der Waals surface area contributed by atoms with E-state index in [0.717, 1.165) is 68.0 Å². The van der Waals surface area contributed by atoms with Crippen LogP contribution in [0.15, 0.2) is 42.5 Å². The van der Waals surface area contributed by atoms with E-state index in [0.29, 0.717) is 10.6 Å². The van der Waals surface area contributed by atoms with E-state index in [9.17, 15) is 10.1 Å². The minimum atomic E-state index is -0.126. The van der Waals surface area contributed by atoms with Crippen LogP contribution in [-0.4, -0.2) is 48.2 Å². The Morgan fingerprint density at radius 1 is 1.17 bits per heavy atom. The number of aromatic nitrogens is 1. The Morgan fingerprint density at radius 3 is 2.74 bits per heavy atom. The van der Waals surface area contributed by atoms with E-state index >= 15 is 0 Å². The van der Waals surface area contributed by atoms with E-state index in [1.807, 2.05) is 36.4 Å². The van der Waals surface area contributed by atoms with Crippen LogP contribution in [0.4, 0.5) is 0 Å². The third-order valence-corrected chi connectivity index (χ3v) is 7.59. The highest BCUT2D eigenvalue weighted by Gasteiger charge is 2.40. The van der Waals surface area contributed by atoms with Gasteiger partial charge in [-0.2, -0.15) is 5.26 Å². The van der Waals surface area contributed by atoms with Crippen LogP contribution in [0.25, 0.3) is 10.9 Å². The van der Waals surface area contributed by atoms with Gasteiger partial charge in [-0.15, -0.1) is 0 Å². The van der Waals surface area contributed by atoms with E-state index in [2.05, 4.69) is 40.8 Å². The second-order valence-electron chi connectivity index (χ2n) is 10.3. The molecule has 1 N–H and O–H groups in total. The smallest absolute Gasteiger partial charge is 0.226 e. The molecule has 5 rings (SSSR count). The van der Waals surface area contributed by atoms with Crippen LogP contribution in [0.1, 0.15) is 42.3 Å². The second-order valence-corrected chi connectivity index (χ2v) is 10.7. The average molecular weight is 491 g/mol. The first kappa shape index (κ1) is 23.9. The number of hydrogen-bond donors (Lipinski definition) is 1. The Morgan fingerprint density at radius 2 is 1.97 bits per heavy atom. The number of carbonyl (C=O) groups excluding carboxylic acids is 1. The molecule has 1 fully saturated rings. The predicted molar refractivity (Wildman–Crippen MR) is 137 cm³/mol. The summed E-state index contributed by atoms with van der Waals surface area (Å²) in [7, 11) is 0. The molecule has 0 bridgehead atoms. The van der Waals surface area contributed by atoms with Crippen LogP contribution < -0.4 is 5.32 Å². The monoisotopic (exact) mass is 490 g/mol. The van der Waals surface area contributed by atoms with Crippen molar-refractivity contribution in [3.05, 3.63) is 69.9 Å². The molecule has 1 aliphatic heterocycles. The van der Waals surface area contributed by atoms with Gasteiger partial charge in [0.05, 0.1) is 37.3 Å². The first-order valence-corrected chi connectivity index (χ1v) is 12.6. The summed E-state index contributed by atoms with van der Waals surface area (Å²) >= 11 is 6.27. The number of rotatable bonds is 6. The number of nitriles is 1. The predicted octanol–water partition coefficient (Wildman–Crippen LogP) is 4.48. The lowest BCUT2D eigenvalue weighted by Gasteiger charge is -2.29. The van der Waals surface area contributed by atoms with Crippen molar-refractivity contribution in [1.82, 2.24) is 14.8 Å². The number of nitrogens with zero attached hydrogens (tertiary/aromatic N) is 3. The number of ether oxygens (including phenoxy) is 1. The van der Waals surface area contributed by atoms with Gasteiger partial charge in [0.15, 0.2) is 0 Å². The normalized spacial score (nSPS) is 19.4. The summed E-state index contributed by atoms with van der Waals surface area (Å²) in [6.07, 6.45) is 1.16. The number of morpholine rings is 1. The van der Waals surface area contributed by atoms with Gasteiger partial charge < -0.3 is 14.6 Å². The summed E-state index contributed by atoms with van der Waals surface area (Å²) in [5, 5.41) is 14.4. The molecule has 2 aromatic carbocycles. The summed E-state index contributed by atoms with van der Waals surface area (Å²) in [5.74, 6) is -0.0141. The number of carbonyl (C=O) groups is 1. The largest absolute Gasteiger partial charge is 0.379 e. The Bertz CT molecular complexity index is 1300. The summed E-state index contributed by atoms with van der Waals surface area (Å²) < 4.78 is 7.73. The van der Waals surface area contributed by atoms with Crippen LogP contribution in [0, 0.1) is 16.7 Å². The molecule has 0 spiro atoms. The Balaban J connectivity index is 1.38. The zero-order chi connectivity index (χ0) is 24.6. The highest BCUT2D eigenvalue weighted by molar-refractivity contribution is 6.31. The number of amides is 1. The molecule has 1 aliphatic carbocycles. The second kappa shape index (κ2) is 9.66. The Hall–Kier alpha value is -2.85. The maximum absolute atomic E-state index is 13.4. The average Bonchev–Trinajstić information content (AvgIpc) is 3.30. The molecule has 7 heteroatoms. The van der Waals surface area contributed by atoms with Gasteiger partial charge >= 0.3 is 0 Å². The van der Waals surface area contributed by atoms with E-state index in [4.69, 9.17) is 16.3 Å². The van der Waals surface area contributed by atoms with Crippen molar-refractivity contribution >= 4 is 28.4 Å². The van der Waals surface area contributed by atoms with Crippen molar-refractivity contribution < 1.29 is 9.53 Å². The Labute approximate surface area is 211 Å². The van der Waals surface area contributed by atoms with Crippen molar-refractivity contribution in [1.29, 1.82) is 5.26 Å². The van der Waals surface area contributed by atoms with Crippen molar-refractivity contribution in [3.63, 3.8) is 0 Å². The van der Waals surface area contributed by atoms with E-state index in [1.165, 1.54) is 5.56 Å². The lowest BCUT2D eigenvalue weighted by molar-refractivity contribution is -0.122. The fraction of sp³-hybridized carbons (Fsp3) is 0.429. The standard InChI is InChI=1S/C28H31ClN4O2/c1-28(2)17-20-4-3-19(18-30)13-24(20)27(28)31-26(34)16-23-15-21-14-22(29)5-6-25(21)33(23)8-7-32-9-11-35-12-10-32/h3-6,13-15,27H,7-12,16-17H2,1-2H3,(H,31,34)/t27-/m0/s1. The Kier molecular flexibility index (Phi) is 6.59. The van der Waals surface area contributed by atoms with Gasteiger partial charge in [0.25, 0.3) is 0 Å². The first-order chi connectivity index (χ1) is 16.8. The van der Waals surface area contributed by atoms with Crippen molar-refractivity contribution in [2.24, 2.45) is 5.41 Å². The van der Waals surface area contributed by atoms with Crippen LogP contribution in [0.2, 0.25) is 5.02 Å². The van der Waals surface area contributed by atoms with Gasteiger partial charge in [0.1, 0.15) is 0 Å². The van der Waals surface area contributed by atoms with Crippen LogP contribution in [-0.2, 0) is 28.9 Å². The molecule has 1 saturated heterocycles. The third-order valence-electron chi connectivity index (χ3n) is 7.35. The van der Waals surface area contributed by atoms with E-state index in [1.54, 1.807) is 0 Å². The maximum Gasteiger partial charge on any atom is 0.226 e. The van der Waals surface area contributed by atoms with Gasteiger partial charge in [0.2, 0.25) is 5.91 Å². The molecular weight excluding hydrogens is 460 g/mol. The maximum atomic E-state index is 13.4. The van der Waals surface area contributed by atoms with E-state index in [-0.39, 0.29) is 23.8 Å². The molecule has 35 heavy (non-hydrogen) atoms.